The van der Waals surface area contributed by atoms with E-state index in [-0.39, 0.29) is 0 Å². The minimum absolute atomic E-state index is 0.492. The molecule has 0 radical (unpaired) electrons. The molecule has 0 saturated heterocycles. The number of halogens is 1. The van der Waals surface area contributed by atoms with E-state index in [1.54, 1.807) is 0 Å². The molecular formula is C18H23BrN2. The molecule has 0 aliphatic carbocycles. The maximum absolute atomic E-state index is 3.63. The van der Waals surface area contributed by atoms with Gasteiger partial charge in [-0.05, 0) is 23.3 Å². The van der Waals surface area contributed by atoms with Gasteiger partial charge in [0.05, 0.1) is 0 Å². The molecule has 21 heavy (non-hydrogen) atoms. The highest BCUT2D eigenvalue weighted by Gasteiger charge is 2.09. The fourth-order valence-corrected chi connectivity index (χ4v) is 2.72. The number of hydrogen-bond donors (Lipinski definition) is 1. The summed E-state index contributed by atoms with van der Waals surface area (Å²) in [6.45, 7) is 6.13. The van der Waals surface area contributed by atoms with Crippen molar-refractivity contribution in [3.05, 3.63) is 64.1 Å². The summed E-state index contributed by atoms with van der Waals surface area (Å²) in [6.07, 6.45) is 0. The predicted molar refractivity (Wildman–Crippen MR) is 94.7 cm³/mol. The highest BCUT2D eigenvalue weighted by atomic mass is 79.9. The van der Waals surface area contributed by atoms with Gasteiger partial charge in [-0.2, -0.15) is 0 Å². The largest absolute Gasteiger partial charge is 0.370 e. The summed E-state index contributed by atoms with van der Waals surface area (Å²) in [4.78, 5) is 2.30. The van der Waals surface area contributed by atoms with Crippen molar-refractivity contribution < 1.29 is 0 Å². The lowest BCUT2D eigenvalue weighted by Gasteiger charge is -2.24. The highest BCUT2D eigenvalue weighted by Crippen LogP contribution is 2.24. The Morgan fingerprint density at radius 3 is 2.29 bits per heavy atom. The lowest BCUT2D eigenvalue weighted by atomic mass is 10.1. The summed E-state index contributed by atoms with van der Waals surface area (Å²) in [5.41, 5.74) is 3.91. The lowest BCUT2D eigenvalue weighted by Crippen LogP contribution is -2.24. The fourth-order valence-electron chi connectivity index (χ4n) is 2.31. The van der Waals surface area contributed by atoms with E-state index in [2.05, 4.69) is 89.5 Å². The number of rotatable bonds is 6. The summed E-state index contributed by atoms with van der Waals surface area (Å²) in [5, 5.41) is 3.50. The van der Waals surface area contributed by atoms with Crippen LogP contribution in [0.15, 0.2) is 53.0 Å². The first-order chi connectivity index (χ1) is 10.1. The van der Waals surface area contributed by atoms with E-state index in [9.17, 15) is 0 Å². The number of hydrogen-bond acceptors (Lipinski definition) is 2. The summed E-state index contributed by atoms with van der Waals surface area (Å²) in [6, 6.07) is 17.5. The van der Waals surface area contributed by atoms with Gasteiger partial charge in [0.15, 0.2) is 0 Å². The van der Waals surface area contributed by atoms with Crippen LogP contribution in [0.5, 0.6) is 0 Å². The molecule has 1 N–H and O–H groups in total. The van der Waals surface area contributed by atoms with Crippen LogP contribution < -0.4 is 10.2 Å². The highest BCUT2D eigenvalue weighted by molar-refractivity contribution is 9.10. The van der Waals surface area contributed by atoms with Crippen molar-refractivity contribution >= 4 is 21.6 Å². The molecule has 2 nitrogen and oxygen atoms in total. The first kappa shape index (κ1) is 16.1. The molecule has 2 rings (SSSR count). The van der Waals surface area contributed by atoms with E-state index in [1.807, 2.05) is 6.07 Å². The van der Waals surface area contributed by atoms with E-state index in [0.717, 1.165) is 17.6 Å². The van der Waals surface area contributed by atoms with Crippen LogP contribution in [-0.4, -0.2) is 13.1 Å². The average Bonchev–Trinajstić information content (AvgIpc) is 2.47. The fraction of sp³-hybridized carbons (Fsp3) is 0.333. The Bertz CT molecular complexity index is 581. The van der Waals surface area contributed by atoms with Crippen LogP contribution in [0.25, 0.3) is 0 Å². The Labute approximate surface area is 136 Å². The normalized spacial score (nSPS) is 10.9. The van der Waals surface area contributed by atoms with E-state index < -0.39 is 0 Å². The second-order valence-electron chi connectivity index (χ2n) is 5.61. The summed E-state index contributed by atoms with van der Waals surface area (Å²) >= 11 is 3.63. The molecule has 0 spiro atoms. The SMILES string of the molecule is CC(C)NCc1ccccc1N(C)Cc1ccccc1Br. The lowest BCUT2D eigenvalue weighted by molar-refractivity contribution is 0.588. The number of nitrogens with zero attached hydrogens (tertiary/aromatic N) is 1. The van der Waals surface area contributed by atoms with Crippen molar-refractivity contribution in [3.8, 4) is 0 Å². The minimum atomic E-state index is 0.492. The zero-order valence-corrected chi connectivity index (χ0v) is 14.5. The van der Waals surface area contributed by atoms with Gasteiger partial charge in [-0.25, -0.2) is 0 Å². The molecule has 112 valence electrons. The third-order valence-corrected chi connectivity index (χ3v) is 4.24. The third kappa shape index (κ3) is 4.58. The Morgan fingerprint density at radius 2 is 1.62 bits per heavy atom. The van der Waals surface area contributed by atoms with Gasteiger partial charge in [-0.1, -0.05) is 66.2 Å². The Balaban J connectivity index is 2.15. The van der Waals surface area contributed by atoms with Crippen molar-refractivity contribution in [2.24, 2.45) is 0 Å². The molecule has 2 aromatic rings. The maximum Gasteiger partial charge on any atom is 0.0437 e. The quantitative estimate of drug-likeness (QED) is 0.823. The van der Waals surface area contributed by atoms with Gasteiger partial charge >= 0.3 is 0 Å². The summed E-state index contributed by atoms with van der Waals surface area (Å²) in [5.74, 6) is 0. The second kappa shape index (κ2) is 7.62. The molecular weight excluding hydrogens is 324 g/mol. The molecule has 0 atom stereocenters. The van der Waals surface area contributed by atoms with E-state index in [1.165, 1.54) is 16.8 Å². The zero-order chi connectivity index (χ0) is 15.2. The molecule has 0 fully saturated rings. The van der Waals surface area contributed by atoms with Crippen molar-refractivity contribution in [1.29, 1.82) is 0 Å². The molecule has 2 aromatic carbocycles. The standard InChI is InChI=1S/C18H23BrN2/c1-14(2)20-12-15-8-5-7-11-18(15)21(3)13-16-9-4-6-10-17(16)19/h4-11,14,20H,12-13H2,1-3H3. The summed E-state index contributed by atoms with van der Waals surface area (Å²) in [7, 11) is 2.15. The molecule has 0 heterocycles. The van der Waals surface area contributed by atoms with Gasteiger partial charge in [0.1, 0.15) is 0 Å². The van der Waals surface area contributed by atoms with Gasteiger partial charge in [-0.15, -0.1) is 0 Å². The topological polar surface area (TPSA) is 15.3 Å². The predicted octanol–water partition coefficient (Wildman–Crippen LogP) is 4.58. The Morgan fingerprint density at radius 1 is 1.00 bits per heavy atom. The maximum atomic E-state index is 3.63. The van der Waals surface area contributed by atoms with Crippen LogP contribution in [0, 0.1) is 0 Å². The zero-order valence-electron chi connectivity index (χ0n) is 12.9. The second-order valence-corrected chi connectivity index (χ2v) is 6.47. The number of nitrogens with one attached hydrogen (secondary N) is 1. The smallest absolute Gasteiger partial charge is 0.0437 e. The monoisotopic (exact) mass is 346 g/mol. The molecule has 0 saturated carbocycles. The molecule has 3 heteroatoms. The Kier molecular flexibility index (Phi) is 5.83. The van der Waals surface area contributed by atoms with Crippen LogP contribution in [-0.2, 0) is 13.1 Å². The van der Waals surface area contributed by atoms with Gasteiger partial charge in [0, 0.05) is 36.3 Å². The van der Waals surface area contributed by atoms with Crippen LogP contribution in [0.2, 0.25) is 0 Å². The van der Waals surface area contributed by atoms with Gasteiger partial charge in [0.2, 0.25) is 0 Å². The number of benzene rings is 2. The van der Waals surface area contributed by atoms with E-state index in [4.69, 9.17) is 0 Å². The van der Waals surface area contributed by atoms with Crippen molar-refractivity contribution in [2.45, 2.75) is 33.0 Å². The van der Waals surface area contributed by atoms with Gasteiger partial charge in [-0.3, -0.25) is 0 Å². The first-order valence-electron chi connectivity index (χ1n) is 7.33. The van der Waals surface area contributed by atoms with Crippen molar-refractivity contribution in [1.82, 2.24) is 5.32 Å². The molecule has 0 aromatic heterocycles. The molecule has 0 unspecified atom stereocenters. The van der Waals surface area contributed by atoms with Crippen molar-refractivity contribution in [3.63, 3.8) is 0 Å². The Hall–Kier alpha value is -1.32. The molecule has 0 aliphatic heterocycles. The number of anilines is 1. The average molecular weight is 347 g/mol. The summed E-state index contributed by atoms with van der Waals surface area (Å²) < 4.78 is 1.16. The van der Waals surface area contributed by atoms with Gasteiger partial charge in [0.25, 0.3) is 0 Å². The van der Waals surface area contributed by atoms with E-state index >= 15 is 0 Å². The molecule has 0 aliphatic rings. The number of para-hydroxylation sites is 1. The minimum Gasteiger partial charge on any atom is -0.370 e. The molecule has 0 amide bonds. The van der Waals surface area contributed by atoms with Crippen LogP contribution >= 0.6 is 15.9 Å². The first-order valence-corrected chi connectivity index (χ1v) is 8.13. The molecule has 0 bridgehead atoms. The van der Waals surface area contributed by atoms with Crippen LogP contribution in [0.3, 0.4) is 0 Å². The van der Waals surface area contributed by atoms with Gasteiger partial charge < -0.3 is 10.2 Å². The van der Waals surface area contributed by atoms with Crippen LogP contribution in [0.4, 0.5) is 5.69 Å². The van der Waals surface area contributed by atoms with Crippen molar-refractivity contribution in [2.75, 3.05) is 11.9 Å². The van der Waals surface area contributed by atoms with Crippen LogP contribution in [0.1, 0.15) is 25.0 Å². The third-order valence-electron chi connectivity index (χ3n) is 3.47. The van der Waals surface area contributed by atoms with E-state index in [0.29, 0.717) is 6.04 Å².